The van der Waals surface area contributed by atoms with Crippen LogP contribution < -0.4 is 0 Å². The first-order valence-electron chi connectivity index (χ1n) is 9.59. The van der Waals surface area contributed by atoms with E-state index in [2.05, 4.69) is 20.8 Å². The van der Waals surface area contributed by atoms with E-state index in [0.717, 1.165) is 34.6 Å². The molecule has 2 aromatic heterocycles. The van der Waals surface area contributed by atoms with Gasteiger partial charge in [-0.25, -0.2) is 4.98 Å². The number of likely N-dealkylation sites (tertiary alicyclic amines) is 1. The molecular formula is C21H17Cl2N5OS. The highest BCUT2D eigenvalue weighted by Crippen LogP contribution is 2.35. The Labute approximate surface area is 186 Å². The van der Waals surface area contributed by atoms with E-state index in [0.29, 0.717) is 40.1 Å². The zero-order valence-electron chi connectivity index (χ0n) is 15.8. The molecule has 0 unspecified atom stereocenters. The first kappa shape index (κ1) is 19.5. The molecule has 0 bridgehead atoms. The van der Waals surface area contributed by atoms with Crippen LogP contribution in [0.4, 0.5) is 0 Å². The third kappa shape index (κ3) is 3.69. The molecule has 1 aliphatic heterocycles. The Morgan fingerprint density at radius 2 is 1.83 bits per heavy atom. The minimum absolute atomic E-state index is 0.0361. The van der Waals surface area contributed by atoms with Gasteiger partial charge in [0.1, 0.15) is 11.0 Å². The smallest absolute Gasteiger partial charge is 0.253 e. The van der Waals surface area contributed by atoms with E-state index in [1.807, 2.05) is 29.2 Å². The fraction of sp³-hybridized carbons (Fsp3) is 0.238. The van der Waals surface area contributed by atoms with Crippen LogP contribution in [0.2, 0.25) is 10.0 Å². The number of H-pyrrole nitrogens is 1. The molecule has 0 radical (unpaired) electrons. The fourth-order valence-corrected chi connectivity index (χ4v) is 5.05. The van der Waals surface area contributed by atoms with E-state index < -0.39 is 0 Å². The first-order chi connectivity index (χ1) is 14.6. The number of hydrogen-bond donors (Lipinski definition) is 1. The molecule has 0 spiro atoms. The number of rotatable bonds is 3. The summed E-state index contributed by atoms with van der Waals surface area (Å²) in [5.74, 6) is 0.391. The lowest BCUT2D eigenvalue weighted by Gasteiger charge is -2.31. The summed E-state index contributed by atoms with van der Waals surface area (Å²) in [5, 5.41) is 14.9. The third-order valence-corrected chi connectivity index (χ3v) is 7.18. The van der Waals surface area contributed by atoms with Crippen molar-refractivity contribution in [3.8, 4) is 11.3 Å². The number of benzene rings is 2. The van der Waals surface area contributed by atoms with Crippen molar-refractivity contribution < 1.29 is 4.79 Å². The number of amides is 1. The quantitative estimate of drug-likeness (QED) is 0.446. The molecule has 1 aliphatic rings. The van der Waals surface area contributed by atoms with E-state index in [4.69, 9.17) is 28.2 Å². The van der Waals surface area contributed by atoms with Crippen molar-refractivity contribution in [3.63, 3.8) is 0 Å². The van der Waals surface area contributed by atoms with E-state index in [1.54, 1.807) is 23.5 Å². The van der Waals surface area contributed by atoms with Crippen LogP contribution in [0.15, 0.2) is 41.8 Å². The predicted octanol–water partition coefficient (Wildman–Crippen LogP) is 5.41. The molecule has 2 aromatic carbocycles. The number of hydrogen-bond acceptors (Lipinski definition) is 5. The summed E-state index contributed by atoms with van der Waals surface area (Å²) in [6.07, 6.45) is 1.79. The highest BCUT2D eigenvalue weighted by molar-refractivity contribution is 7.10. The largest absolute Gasteiger partial charge is 0.339 e. The first-order valence-corrected chi connectivity index (χ1v) is 11.2. The number of aromatic nitrogens is 4. The van der Waals surface area contributed by atoms with Gasteiger partial charge in [-0.3, -0.25) is 4.79 Å². The third-order valence-electron chi connectivity index (χ3n) is 5.43. The van der Waals surface area contributed by atoms with Crippen LogP contribution in [0.3, 0.4) is 0 Å². The second-order valence-corrected chi connectivity index (χ2v) is 9.00. The molecule has 1 amide bonds. The Bertz CT molecular complexity index is 1230. The monoisotopic (exact) mass is 457 g/mol. The van der Waals surface area contributed by atoms with Gasteiger partial charge in [0.05, 0.1) is 20.7 Å². The van der Waals surface area contributed by atoms with Gasteiger partial charge < -0.3 is 4.90 Å². The molecule has 152 valence electrons. The maximum Gasteiger partial charge on any atom is 0.253 e. The Morgan fingerprint density at radius 1 is 1.03 bits per heavy atom. The number of thiazole rings is 1. The van der Waals surface area contributed by atoms with Gasteiger partial charge in [-0.2, -0.15) is 15.4 Å². The number of carbonyl (C=O) groups is 1. The van der Waals surface area contributed by atoms with Crippen LogP contribution in [0.25, 0.3) is 22.3 Å². The molecule has 5 rings (SSSR count). The van der Waals surface area contributed by atoms with Crippen LogP contribution in [-0.4, -0.2) is 44.3 Å². The maximum atomic E-state index is 12.9. The number of nitrogens with zero attached hydrogens (tertiary/aromatic N) is 4. The van der Waals surface area contributed by atoms with E-state index >= 15 is 0 Å². The number of nitrogens with one attached hydrogen (secondary N) is 1. The van der Waals surface area contributed by atoms with E-state index in [-0.39, 0.29) is 5.91 Å². The SMILES string of the molecule is O=C(c1ccc2n[nH]nc2c1)N1CCC(c2nc(-c3ccc(Cl)c(Cl)c3)cs2)CC1. The summed E-state index contributed by atoms with van der Waals surface area (Å²) in [6, 6.07) is 11.0. The molecular weight excluding hydrogens is 441 g/mol. The topological polar surface area (TPSA) is 74.8 Å². The van der Waals surface area contributed by atoms with Crippen molar-refractivity contribution in [2.24, 2.45) is 0 Å². The van der Waals surface area contributed by atoms with E-state index in [9.17, 15) is 4.79 Å². The summed E-state index contributed by atoms with van der Waals surface area (Å²) in [7, 11) is 0. The molecule has 1 saturated heterocycles. The lowest BCUT2D eigenvalue weighted by atomic mass is 9.97. The maximum absolute atomic E-state index is 12.9. The summed E-state index contributed by atoms with van der Waals surface area (Å²) in [6.45, 7) is 1.42. The fourth-order valence-electron chi connectivity index (χ4n) is 3.75. The van der Waals surface area contributed by atoms with Crippen LogP contribution >= 0.6 is 34.5 Å². The second-order valence-electron chi connectivity index (χ2n) is 7.29. The van der Waals surface area contributed by atoms with Crippen molar-refractivity contribution in [2.75, 3.05) is 13.1 Å². The molecule has 6 nitrogen and oxygen atoms in total. The molecule has 30 heavy (non-hydrogen) atoms. The lowest BCUT2D eigenvalue weighted by Crippen LogP contribution is -2.37. The van der Waals surface area contributed by atoms with Crippen molar-refractivity contribution in [1.29, 1.82) is 0 Å². The number of carbonyl (C=O) groups excluding carboxylic acids is 1. The zero-order valence-corrected chi connectivity index (χ0v) is 18.1. The highest BCUT2D eigenvalue weighted by atomic mass is 35.5. The zero-order chi connectivity index (χ0) is 20.7. The Hall–Kier alpha value is -2.48. The van der Waals surface area contributed by atoms with Gasteiger partial charge in [0.2, 0.25) is 0 Å². The van der Waals surface area contributed by atoms with Crippen LogP contribution in [0, 0.1) is 0 Å². The standard InChI is InChI=1S/C21H17Cl2N5OS/c22-15-3-1-13(9-16(15)23)19-11-30-20(24-19)12-5-7-28(8-6-12)21(29)14-2-4-17-18(10-14)26-27-25-17/h1-4,9-12H,5-8H2,(H,25,26,27). The molecule has 0 atom stereocenters. The molecule has 4 aromatic rings. The van der Waals surface area contributed by atoms with Gasteiger partial charge in [-0.1, -0.05) is 29.3 Å². The molecule has 0 aliphatic carbocycles. The van der Waals surface area contributed by atoms with Crippen LogP contribution in [0.5, 0.6) is 0 Å². The average Bonchev–Trinajstić information content (AvgIpc) is 3.44. The Morgan fingerprint density at radius 3 is 2.63 bits per heavy atom. The lowest BCUT2D eigenvalue weighted by molar-refractivity contribution is 0.0713. The van der Waals surface area contributed by atoms with Gasteiger partial charge in [0.25, 0.3) is 5.91 Å². The van der Waals surface area contributed by atoms with Crippen molar-refractivity contribution in [1.82, 2.24) is 25.3 Å². The van der Waals surface area contributed by atoms with Crippen LogP contribution in [0.1, 0.15) is 34.1 Å². The van der Waals surface area contributed by atoms with Gasteiger partial charge in [0.15, 0.2) is 0 Å². The average molecular weight is 458 g/mol. The Balaban J connectivity index is 1.26. The summed E-state index contributed by atoms with van der Waals surface area (Å²) < 4.78 is 0. The molecule has 1 N–H and O–H groups in total. The van der Waals surface area contributed by atoms with Gasteiger partial charge in [-0.05, 0) is 43.2 Å². The van der Waals surface area contributed by atoms with Gasteiger partial charge >= 0.3 is 0 Å². The molecule has 1 fully saturated rings. The normalized spacial score (nSPS) is 15.1. The van der Waals surface area contributed by atoms with Crippen molar-refractivity contribution in [2.45, 2.75) is 18.8 Å². The number of aromatic amines is 1. The van der Waals surface area contributed by atoms with Crippen molar-refractivity contribution >= 4 is 51.5 Å². The minimum atomic E-state index is 0.0361. The summed E-state index contributed by atoms with van der Waals surface area (Å²) >= 11 is 13.8. The predicted molar refractivity (Wildman–Crippen MR) is 119 cm³/mol. The molecule has 3 heterocycles. The second kappa shape index (κ2) is 7.98. The number of piperidine rings is 1. The van der Waals surface area contributed by atoms with Crippen molar-refractivity contribution in [3.05, 3.63) is 62.4 Å². The van der Waals surface area contributed by atoms with Gasteiger partial charge in [0, 0.05) is 35.5 Å². The number of fused-ring (bicyclic) bond motifs is 1. The summed E-state index contributed by atoms with van der Waals surface area (Å²) in [4.78, 5) is 19.6. The molecule has 9 heteroatoms. The minimum Gasteiger partial charge on any atom is -0.339 e. The van der Waals surface area contributed by atoms with E-state index in [1.165, 1.54) is 0 Å². The Kier molecular flexibility index (Phi) is 5.18. The van der Waals surface area contributed by atoms with Crippen LogP contribution in [-0.2, 0) is 0 Å². The highest BCUT2D eigenvalue weighted by Gasteiger charge is 2.26. The molecule has 0 saturated carbocycles. The summed E-state index contributed by atoms with van der Waals surface area (Å²) in [5.41, 5.74) is 3.97. The van der Waals surface area contributed by atoms with Gasteiger partial charge in [-0.15, -0.1) is 11.3 Å². The number of halogens is 2.